The second-order valence-corrected chi connectivity index (χ2v) is 5.71. The molecule has 0 amide bonds. The molecule has 1 aliphatic heterocycles. The van der Waals surface area contributed by atoms with Crippen molar-refractivity contribution in [3.63, 3.8) is 0 Å². The monoisotopic (exact) mass is 286 g/mol. The SMILES string of the molecule is c1ccc(CC[C@H]2Oc3ccccc3-c3ccccc32)cc1. The van der Waals surface area contributed by atoms with Crippen molar-refractivity contribution < 1.29 is 4.74 Å². The Bertz CT molecular complexity index is 777. The van der Waals surface area contributed by atoms with Crippen LogP contribution in [0.4, 0.5) is 0 Å². The van der Waals surface area contributed by atoms with Gasteiger partial charge in [0.05, 0.1) is 0 Å². The number of rotatable bonds is 3. The molecule has 3 aromatic carbocycles. The summed E-state index contributed by atoms with van der Waals surface area (Å²) in [5.74, 6) is 0.999. The van der Waals surface area contributed by atoms with Gasteiger partial charge >= 0.3 is 0 Å². The highest BCUT2D eigenvalue weighted by atomic mass is 16.5. The molecule has 108 valence electrons. The fraction of sp³-hybridized carbons (Fsp3) is 0.143. The van der Waals surface area contributed by atoms with E-state index in [2.05, 4.69) is 72.8 Å². The molecule has 1 aliphatic rings. The Labute approximate surface area is 131 Å². The van der Waals surface area contributed by atoms with E-state index >= 15 is 0 Å². The van der Waals surface area contributed by atoms with Gasteiger partial charge in [-0.2, -0.15) is 0 Å². The Kier molecular flexibility index (Phi) is 3.40. The van der Waals surface area contributed by atoms with Crippen LogP contribution in [0, 0.1) is 0 Å². The maximum Gasteiger partial charge on any atom is 0.128 e. The lowest BCUT2D eigenvalue weighted by atomic mass is 9.90. The molecule has 3 aromatic rings. The minimum absolute atomic E-state index is 0.131. The van der Waals surface area contributed by atoms with E-state index in [0.717, 1.165) is 18.6 Å². The fourth-order valence-electron chi connectivity index (χ4n) is 3.19. The van der Waals surface area contributed by atoms with Crippen molar-refractivity contribution in [3.05, 3.63) is 90.0 Å². The second-order valence-electron chi connectivity index (χ2n) is 5.71. The molecule has 1 atom stereocenters. The van der Waals surface area contributed by atoms with E-state index < -0.39 is 0 Å². The number of hydrogen-bond donors (Lipinski definition) is 0. The Hall–Kier alpha value is -2.54. The fourth-order valence-corrected chi connectivity index (χ4v) is 3.19. The van der Waals surface area contributed by atoms with E-state index in [1.54, 1.807) is 0 Å². The van der Waals surface area contributed by atoms with Gasteiger partial charge in [0, 0.05) is 11.1 Å². The van der Waals surface area contributed by atoms with Gasteiger partial charge in [-0.3, -0.25) is 0 Å². The molecule has 0 bridgehead atoms. The molecule has 0 fully saturated rings. The predicted molar refractivity (Wildman–Crippen MR) is 90.0 cm³/mol. The summed E-state index contributed by atoms with van der Waals surface area (Å²) >= 11 is 0. The lowest BCUT2D eigenvalue weighted by Gasteiger charge is -2.29. The highest BCUT2D eigenvalue weighted by molar-refractivity contribution is 5.75. The predicted octanol–water partition coefficient (Wildman–Crippen LogP) is 5.42. The van der Waals surface area contributed by atoms with Gasteiger partial charge in [0.1, 0.15) is 11.9 Å². The molecule has 0 radical (unpaired) electrons. The molecule has 0 N–H and O–H groups in total. The molecular formula is C21H18O. The van der Waals surface area contributed by atoms with Crippen molar-refractivity contribution >= 4 is 0 Å². The highest BCUT2D eigenvalue weighted by Gasteiger charge is 2.24. The number of fused-ring (bicyclic) bond motifs is 3. The Balaban J connectivity index is 1.65. The third-order valence-corrected chi connectivity index (χ3v) is 4.29. The summed E-state index contributed by atoms with van der Waals surface area (Å²) in [6.45, 7) is 0. The van der Waals surface area contributed by atoms with Crippen molar-refractivity contribution in [2.24, 2.45) is 0 Å². The van der Waals surface area contributed by atoms with Gasteiger partial charge in [-0.1, -0.05) is 72.8 Å². The molecule has 0 spiro atoms. The maximum absolute atomic E-state index is 6.28. The van der Waals surface area contributed by atoms with Gasteiger partial charge in [-0.25, -0.2) is 0 Å². The molecule has 0 unspecified atom stereocenters. The number of aryl methyl sites for hydroxylation is 1. The summed E-state index contributed by atoms with van der Waals surface area (Å²) < 4.78 is 6.28. The van der Waals surface area contributed by atoms with Crippen LogP contribution in [-0.4, -0.2) is 0 Å². The van der Waals surface area contributed by atoms with Gasteiger partial charge in [0.25, 0.3) is 0 Å². The van der Waals surface area contributed by atoms with Crippen LogP contribution in [0.5, 0.6) is 5.75 Å². The lowest BCUT2D eigenvalue weighted by molar-refractivity contribution is 0.192. The Morgan fingerprint density at radius 2 is 1.36 bits per heavy atom. The summed E-state index contributed by atoms with van der Waals surface area (Å²) in [5, 5.41) is 0. The van der Waals surface area contributed by atoms with Crippen LogP contribution in [0.1, 0.15) is 23.7 Å². The van der Waals surface area contributed by atoms with Crippen LogP contribution in [0.2, 0.25) is 0 Å². The minimum atomic E-state index is 0.131. The van der Waals surface area contributed by atoms with E-state index in [1.807, 2.05) is 6.07 Å². The quantitative estimate of drug-likeness (QED) is 0.624. The zero-order valence-corrected chi connectivity index (χ0v) is 12.4. The molecule has 4 rings (SSSR count). The van der Waals surface area contributed by atoms with Crippen molar-refractivity contribution in [3.8, 4) is 16.9 Å². The van der Waals surface area contributed by atoms with Gasteiger partial charge in [-0.05, 0) is 30.0 Å². The van der Waals surface area contributed by atoms with Crippen LogP contribution in [-0.2, 0) is 6.42 Å². The molecule has 0 aliphatic carbocycles. The average Bonchev–Trinajstić information content (AvgIpc) is 2.60. The summed E-state index contributed by atoms with van der Waals surface area (Å²) in [7, 11) is 0. The molecule has 1 heteroatoms. The molecule has 0 saturated heterocycles. The first-order valence-corrected chi connectivity index (χ1v) is 7.81. The van der Waals surface area contributed by atoms with Crippen LogP contribution in [0.3, 0.4) is 0 Å². The molecular weight excluding hydrogens is 268 g/mol. The van der Waals surface area contributed by atoms with Crippen LogP contribution >= 0.6 is 0 Å². The number of ether oxygens (including phenoxy) is 1. The minimum Gasteiger partial charge on any atom is -0.485 e. The summed E-state index contributed by atoms with van der Waals surface area (Å²) in [5.41, 5.74) is 5.18. The van der Waals surface area contributed by atoms with Gasteiger partial charge in [0.2, 0.25) is 0 Å². The first-order chi connectivity index (χ1) is 10.9. The molecule has 0 saturated carbocycles. The van der Waals surface area contributed by atoms with Crippen molar-refractivity contribution in [1.82, 2.24) is 0 Å². The largest absolute Gasteiger partial charge is 0.485 e. The summed E-state index contributed by atoms with van der Waals surface area (Å²) in [4.78, 5) is 0. The van der Waals surface area contributed by atoms with Gasteiger partial charge in [0.15, 0.2) is 0 Å². The molecule has 0 aromatic heterocycles. The Morgan fingerprint density at radius 1 is 0.682 bits per heavy atom. The van der Waals surface area contributed by atoms with Crippen molar-refractivity contribution in [2.75, 3.05) is 0 Å². The zero-order chi connectivity index (χ0) is 14.8. The van der Waals surface area contributed by atoms with Crippen molar-refractivity contribution in [2.45, 2.75) is 18.9 Å². The van der Waals surface area contributed by atoms with Crippen molar-refractivity contribution in [1.29, 1.82) is 0 Å². The maximum atomic E-state index is 6.28. The number of hydrogen-bond acceptors (Lipinski definition) is 1. The van der Waals surface area contributed by atoms with E-state index in [0.29, 0.717) is 0 Å². The average molecular weight is 286 g/mol. The first-order valence-electron chi connectivity index (χ1n) is 7.81. The smallest absolute Gasteiger partial charge is 0.128 e. The summed E-state index contributed by atoms with van der Waals surface area (Å²) in [6, 6.07) is 27.6. The van der Waals surface area contributed by atoms with Crippen LogP contribution < -0.4 is 4.74 Å². The molecule has 1 heterocycles. The summed E-state index contributed by atoms with van der Waals surface area (Å²) in [6.07, 6.45) is 2.16. The van der Waals surface area contributed by atoms with E-state index in [9.17, 15) is 0 Å². The topological polar surface area (TPSA) is 9.23 Å². The van der Waals surface area contributed by atoms with Gasteiger partial charge in [-0.15, -0.1) is 0 Å². The van der Waals surface area contributed by atoms with E-state index in [4.69, 9.17) is 4.74 Å². The van der Waals surface area contributed by atoms with Crippen LogP contribution in [0.15, 0.2) is 78.9 Å². The zero-order valence-electron chi connectivity index (χ0n) is 12.4. The second kappa shape index (κ2) is 5.69. The van der Waals surface area contributed by atoms with Gasteiger partial charge < -0.3 is 4.74 Å². The molecule has 22 heavy (non-hydrogen) atoms. The number of para-hydroxylation sites is 1. The lowest BCUT2D eigenvalue weighted by Crippen LogP contribution is -2.14. The van der Waals surface area contributed by atoms with Crippen LogP contribution in [0.25, 0.3) is 11.1 Å². The Morgan fingerprint density at radius 3 is 2.23 bits per heavy atom. The third-order valence-electron chi connectivity index (χ3n) is 4.29. The van der Waals surface area contributed by atoms with E-state index in [-0.39, 0.29) is 6.10 Å². The standard InChI is InChI=1S/C21H18O/c1-2-8-16(9-3-1)14-15-21-19-11-5-4-10-17(19)18-12-6-7-13-20(18)22-21/h1-13,21H,14-15H2/t21-/m1/s1. The first kappa shape index (κ1) is 13.1. The highest BCUT2D eigenvalue weighted by Crippen LogP contribution is 2.43. The number of benzene rings is 3. The molecule has 1 nitrogen and oxygen atoms in total. The normalized spacial score (nSPS) is 15.5. The third kappa shape index (κ3) is 2.39. The van der Waals surface area contributed by atoms with E-state index in [1.165, 1.54) is 22.3 Å².